The van der Waals surface area contributed by atoms with Crippen molar-refractivity contribution < 1.29 is 18.7 Å². The van der Waals surface area contributed by atoms with Gasteiger partial charge in [-0.2, -0.15) is 5.10 Å². The summed E-state index contributed by atoms with van der Waals surface area (Å²) >= 11 is 11.9. The van der Waals surface area contributed by atoms with E-state index in [2.05, 4.69) is 15.8 Å². The van der Waals surface area contributed by atoms with Crippen molar-refractivity contribution in [3.63, 3.8) is 0 Å². The van der Waals surface area contributed by atoms with Gasteiger partial charge in [0.05, 0.1) is 10.7 Å². The number of ether oxygens (including phenoxy) is 1. The Labute approximate surface area is 213 Å². The lowest BCUT2D eigenvalue weighted by atomic mass is 9.93. The Kier molecular flexibility index (Phi) is 7.48. The minimum Gasteiger partial charge on any atom is -0.482 e. The zero-order valence-corrected chi connectivity index (χ0v) is 21.1. The first-order chi connectivity index (χ1) is 16.7. The first-order valence-corrected chi connectivity index (χ1v) is 11.9. The Morgan fingerprint density at radius 3 is 2.60 bits per heavy atom. The highest BCUT2D eigenvalue weighted by molar-refractivity contribution is 6.35. The fraction of sp³-hybridized carbons (Fsp3) is 0.269. The average Bonchev–Trinajstić information content (AvgIpc) is 3.17. The minimum atomic E-state index is -0.440. The van der Waals surface area contributed by atoms with Crippen molar-refractivity contribution in [2.45, 2.75) is 40.0 Å². The Balaban J connectivity index is 1.45. The molecule has 35 heavy (non-hydrogen) atoms. The van der Waals surface area contributed by atoms with Crippen LogP contribution in [0.5, 0.6) is 5.75 Å². The summed E-state index contributed by atoms with van der Waals surface area (Å²) in [4.78, 5) is 25.2. The molecule has 7 nitrogen and oxygen atoms in total. The summed E-state index contributed by atoms with van der Waals surface area (Å²) in [6.45, 7) is 5.57. The van der Waals surface area contributed by atoms with Gasteiger partial charge in [0.25, 0.3) is 11.8 Å². The Hall–Kier alpha value is -3.29. The van der Waals surface area contributed by atoms with Crippen LogP contribution in [-0.2, 0) is 11.2 Å². The zero-order valence-electron chi connectivity index (χ0n) is 19.6. The lowest BCUT2D eigenvalue weighted by molar-refractivity contribution is -0.123. The molecule has 0 spiro atoms. The maximum absolute atomic E-state index is 12.9. The van der Waals surface area contributed by atoms with Crippen LogP contribution in [0.15, 0.2) is 45.9 Å². The Morgan fingerprint density at radius 2 is 1.86 bits per heavy atom. The van der Waals surface area contributed by atoms with E-state index in [1.54, 1.807) is 12.1 Å². The van der Waals surface area contributed by atoms with Crippen LogP contribution >= 0.6 is 23.2 Å². The number of hydrogen-bond acceptors (Lipinski definition) is 5. The third-order valence-corrected chi connectivity index (χ3v) is 6.40. The average molecular weight is 514 g/mol. The standard InChI is InChI=1S/C26H25Cl2N3O4/c1-14-7-9-18(11-15(14)2)29-26(33)25-16(3)24-20(5-4-6-22(24)35-25)30-31-23(32)13-34-21-10-8-17(27)12-19(21)28/h7-12H,4-6,13H2,1-3H3,(H,29,33)(H,31,32)/b30-20+. The van der Waals surface area contributed by atoms with Gasteiger partial charge in [0.1, 0.15) is 11.5 Å². The number of anilines is 1. The lowest BCUT2D eigenvalue weighted by Gasteiger charge is -2.13. The highest BCUT2D eigenvalue weighted by atomic mass is 35.5. The molecule has 2 aromatic carbocycles. The number of furan rings is 1. The molecule has 3 aromatic rings. The number of benzene rings is 2. The molecule has 0 atom stereocenters. The Bertz CT molecular complexity index is 1330. The monoisotopic (exact) mass is 513 g/mol. The zero-order chi connectivity index (χ0) is 25.1. The van der Waals surface area contributed by atoms with E-state index in [0.29, 0.717) is 51.4 Å². The van der Waals surface area contributed by atoms with Gasteiger partial charge in [-0.1, -0.05) is 29.3 Å². The van der Waals surface area contributed by atoms with Crippen molar-refractivity contribution in [2.75, 3.05) is 11.9 Å². The molecule has 0 saturated heterocycles. The second kappa shape index (κ2) is 10.5. The fourth-order valence-electron chi connectivity index (χ4n) is 3.90. The summed E-state index contributed by atoms with van der Waals surface area (Å²) < 4.78 is 11.4. The van der Waals surface area contributed by atoms with E-state index in [4.69, 9.17) is 32.4 Å². The van der Waals surface area contributed by atoms with Crippen LogP contribution < -0.4 is 15.5 Å². The van der Waals surface area contributed by atoms with E-state index in [9.17, 15) is 9.59 Å². The van der Waals surface area contributed by atoms with E-state index in [-0.39, 0.29) is 18.3 Å². The number of nitrogens with one attached hydrogen (secondary N) is 2. The third-order valence-electron chi connectivity index (χ3n) is 5.86. The summed E-state index contributed by atoms with van der Waals surface area (Å²) in [5.41, 5.74) is 7.59. The molecule has 0 saturated carbocycles. The summed E-state index contributed by atoms with van der Waals surface area (Å²) in [6.07, 6.45) is 2.14. The van der Waals surface area contributed by atoms with Gasteiger partial charge in [0.2, 0.25) is 0 Å². The molecule has 0 bridgehead atoms. The number of amides is 2. The highest BCUT2D eigenvalue weighted by Gasteiger charge is 2.28. The second-order valence-corrected chi connectivity index (χ2v) is 9.26. The van der Waals surface area contributed by atoms with Gasteiger partial charge in [0.15, 0.2) is 12.4 Å². The van der Waals surface area contributed by atoms with Crippen molar-refractivity contribution in [3.8, 4) is 5.75 Å². The molecule has 4 rings (SSSR count). The largest absolute Gasteiger partial charge is 0.482 e. The predicted molar refractivity (Wildman–Crippen MR) is 137 cm³/mol. The van der Waals surface area contributed by atoms with Crippen LogP contribution in [0.2, 0.25) is 10.0 Å². The molecule has 0 radical (unpaired) electrons. The summed E-state index contributed by atoms with van der Waals surface area (Å²) in [7, 11) is 0. The van der Waals surface area contributed by atoms with Crippen molar-refractivity contribution in [1.82, 2.24) is 5.43 Å². The van der Waals surface area contributed by atoms with E-state index < -0.39 is 5.91 Å². The summed E-state index contributed by atoms with van der Waals surface area (Å²) in [6, 6.07) is 10.5. The molecule has 1 aliphatic carbocycles. The molecule has 182 valence electrons. The smallest absolute Gasteiger partial charge is 0.291 e. The quantitative estimate of drug-likeness (QED) is 0.395. The molecular weight excluding hydrogens is 489 g/mol. The summed E-state index contributed by atoms with van der Waals surface area (Å²) in [5, 5.41) is 8.00. The fourth-order valence-corrected chi connectivity index (χ4v) is 4.36. The number of carbonyl (C=O) groups excluding carboxylic acids is 2. The molecule has 2 amide bonds. The van der Waals surface area contributed by atoms with Crippen LogP contribution in [-0.4, -0.2) is 24.1 Å². The second-order valence-electron chi connectivity index (χ2n) is 8.42. The van der Waals surface area contributed by atoms with Crippen molar-refractivity contribution in [2.24, 2.45) is 5.10 Å². The molecular formula is C26H25Cl2N3O4. The number of carbonyl (C=O) groups is 2. The van der Waals surface area contributed by atoms with Gasteiger partial charge in [0, 0.05) is 28.3 Å². The number of fused-ring (bicyclic) bond motifs is 1. The molecule has 1 aliphatic rings. The number of rotatable bonds is 6. The minimum absolute atomic E-state index is 0.245. The highest BCUT2D eigenvalue weighted by Crippen LogP contribution is 2.31. The van der Waals surface area contributed by atoms with Gasteiger partial charge < -0.3 is 14.5 Å². The topological polar surface area (TPSA) is 92.9 Å². The molecule has 2 N–H and O–H groups in total. The molecule has 0 aliphatic heterocycles. The normalized spacial score (nSPS) is 13.9. The SMILES string of the molecule is Cc1ccc(NC(=O)c2oc3c(c2C)/C(=N/NC(=O)COc2ccc(Cl)cc2Cl)CCC3)cc1C. The van der Waals surface area contributed by atoms with Gasteiger partial charge in [-0.15, -0.1) is 0 Å². The third kappa shape index (κ3) is 5.69. The van der Waals surface area contributed by atoms with E-state index in [1.165, 1.54) is 6.07 Å². The van der Waals surface area contributed by atoms with Crippen LogP contribution in [0.3, 0.4) is 0 Å². The van der Waals surface area contributed by atoms with E-state index in [0.717, 1.165) is 23.1 Å². The Morgan fingerprint density at radius 1 is 1.06 bits per heavy atom. The number of halogens is 2. The predicted octanol–water partition coefficient (Wildman–Crippen LogP) is 6.00. The van der Waals surface area contributed by atoms with Crippen molar-refractivity contribution in [3.05, 3.63) is 80.2 Å². The van der Waals surface area contributed by atoms with E-state index in [1.807, 2.05) is 39.0 Å². The van der Waals surface area contributed by atoms with Crippen LogP contribution in [0.4, 0.5) is 5.69 Å². The first kappa shape index (κ1) is 24.8. The van der Waals surface area contributed by atoms with Crippen LogP contribution in [0.25, 0.3) is 0 Å². The van der Waals surface area contributed by atoms with Gasteiger partial charge >= 0.3 is 0 Å². The number of hydrogen-bond donors (Lipinski definition) is 2. The number of aryl methyl sites for hydroxylation is 3. The lowest BCUT2D eigenvalue weighted by Crippen LogP contribution is -2.27. The molecule has 1 heterocycles. The summed E-state index contributed by atoms with van der Waals surface area (Å²) in [5.74, 6) is 0.524. The number of hydrazone groups is 1. The maximum atomic E-state index is 12.9. The number of nitrogens with zero attached hydrogens (tertiary/aromatic N) is 1. The maximum Gasteiger partial charge on any atom is 0.291 e. The van der Waals surface area contributed by atoms with Crippen LogP contribution in [0.1, 0.15) is 51.4 Å². The molecule has 0 unspecified atom stereocenters. The van der Waals surface area contributed by atoms with Crippen molar-refractivity contribution >= 4 is 46.4 Å². The molecule has 0 fully saturated rings. The van der Waals surface area contributed by atoms with Gasteiger partial charge in [-0.3, -0.25) is 9.59 Å². The van der Waals surface area contributed by atoms with Gasteiger partial charge in [-0.05, 0) is 75.1 Å². The van der Waals surface area contributed by atoms with E-state index >= 15 is 0 Å². The molecule has 1 aromatic heterocycles. The van der Waals surface area contributed by atoms with Crippen molar-refractivity contribution in [1.29, 1.82) is 0 Å². The van der Waals surface area contributed by atoms with Gasteiger partial charge in [-0.25, -0.2) is 5.43 Å². The molecule has 9 heteroatoms. The van der Waals surface area contributed by atoms with Crippen LogP contribution in [0, 0.1) is 20.8 Å². The first-order valence-electron chi connectivity index (χ1n) is 11.2.